The van der Waals surface area contributed by atoms with Crippen molar-refractivity contribution < 1.29 is 9.53 Å². The molecular formula is C25H47NO2. The molecule has 0 spiro atoms. The van der Waals surface area contributed by atoms with Crippen molar-refractivity contribution in [1.82, 2.24) is 4.90 Å². The van der Waals surface area contributed by atoms with Crippen molar-refractivity contribution in [2.24, 2.45) is 0 Å². The quantitative estimate of drug-likeness (QED) is 0.151. The summed E-state index contributed by atoms with van der Waals surface area (Å²) in [6, 6.07) is 0.437. The van der Waals surface area contributed by atoms with Gasteiger partial charge in [0.05, 0.1) is 0 Å². The lowest BCUT2D eigenvalue weighted by molar-refractivity contribution is -0.145. The zero-order chi connectivity index (χ0) is 20.3. The molecule has 1 atom stereocenters. The molecule has 0 amide bonds. The number of likely N-dealkylation sites (N-methyl/N-ethyl adjacent to an activating group) is 1. The Morgan fingerprint density at radius 2 is 1.50 bits per heavy atom. The minimum atomic E-state index is -0.00315. The molecule has 1 heterocycles. The van der Waals surface area contributed by atoms with Crippen molar-refractivity contribution in [3.05, 3.63) is 12.2 Å². The first-order chi connectivity index (χ1) is 13.7. The second kappa shape index (κ2) is 18.2. The maximum absolute atomic E-state index is 11.9. The highest BCUT2D eigenvalue weighted by Crippen LogP contribution is 2.16. The van der Waals surface area contributed by atoms with Crippen LogP contribution in [0, 0.1) is 0 Å². The van der Waals surface area contributed by atoms with E-state index in [0.29, 0.717) is 19.1 Å². The lowest BCUT2D eigenvalue weighted by Gasteiger charge is -2.31. The van der Waals surface area contributed by atoms with Gasteiger partial charge in [-0.05, 0) is 58.5 Å². The number of likely N-dealkylation sites (tertiary alicyclic amines) is 1. The number of nitrogens with zero attached hydrogens (tertiary/aromatic N) is 1. The monoisotopic (exact) mass is 393 g/mol. The van der Waals surface area contributed by atoms with Crippen LogP contribution in [-0.2, 0) is 9.53 Å². The third kappa shape index (κ3) is 14.2. The summed E-state index contributed by atoms with van der Waals surface area (Å²) in [5.41, 5.74) is 0. The minimum absolute atomic E-state index is 0.00315. The summed E-state index contributed by atoms with van der Waals surface area (Å²) < 4.78 is 5.48. The number of carbonyl (C=O) groups is 1. The van der Waals surface area contributed by atoms with E-state index in [0.717, 1.165) is 25.8 Å². The molecule has 0 bridgehead atoms. The Hall–Kier alpha value is -0.830. The summed E-state index contributed by atoms with van der Waals surface area (Å²) in [4.78, 5) is 14.2. The van der Waals surface area contributed by atoms with Gasteiger partial charge < -0.3 is 9.64 Å². The Morgan fingerprint density at radius 1 is 0.893 bits per heavy atom. The van der Waals surface area contributed by atoms with Crippen molar-refractivity contribution in [3.63, 3.8) is 0 Å². The van der Waals surface area contributed by atoms with E-state index >= 15 is 0 Å². The summed E-state index contributed by atoms with van der Waals surface area (Å²) in [6.07, 6.45) is 25.7. The van der Waals surface area contributed by atoms with Crippen LogP contribution in [0.25, 0.3) is 0 Å². The smallest absolute Gasteiger partial charge is 0.305 e. The van der Waals surface area contributed by atoms with Crippen LogP contribution in [0.5, 0.6) is 0 Å². The summed E-state index contributed by atoms with van der Waals surface area (Å²) >= 11 is 0. The molecule has 3 heteroatoms. The van der Waals surface area contributed by atoms with Crippen LogP contribution in [0.1, 0.15) is 116 Å². The fourth-order valence-electron chi connectivity index (χ4n) is 3.96. The Balaban J connectivity index is 1.82. The minimum Gasteiger partial charge on any atom is -0.464 e. The number of hydrogen-bond donors (Lipinski definition) is 0. The molecule has 164 valence electrons. The Bertz CT molecular complexity index is 394. The summed E-state index contributed by atoms with van der Waals surface area (Å²) in [6.45, 7) is 3.99. The summed E-state index contributed by atoms with van der Waals surface area (Å²) in [5, 5.41) is 0. The first-order valence-corrected chi connectivity index (χ1v) is 12.2. The van der Waals surface area contributed by atoms with Gasteiger partial charge in [0.15, 0.2) is 0 Å². The van der Waals surface area contributed by atoms with Crippen molar-refractivity contribution >= 4 is 5.97 Å². The molecule has 1 rings (SSSR count). The Labute approximate surface area is 175 Å². The molecule has 0 N–H and O–H groups in total. The van der Waals surface area contributed by atoms with Gasteiger partial charge in [-0.1, -0.05) is 76.9 Å². The second-order valence-electron chi connectivity index (χ2n) is 8.65. The lowest BCUT2D eigenvalue weighted by atomic mass is 10.0. The second-order valence-corrected chi connectivity index (χ2v) is 8.65. The number of carbonyl (C=O) groups excluding carboxylic acids is 1. The molecule has 0 radical (unpaired) electrons. The van der Waals surface area contributed by atoms with Crippen LogP contribution in [-0.4, -0.2) is 37.1 Å². The standard InChI is InChI=1S/C25H47NO2/c1-3-4-5-6-7-8-9-10-11-12-13-14-15-16-17-21-25(27)28-23-24-20-18-19-22-26(24)2/h10-11,24H,3-9,12-23H2,1-2H3/b11-10-. The SMILES string of the molecule is CCCCCCCC/C=C\CCCCCCCC(=O)OCC1CCCCN1C. The van der Waals surface area contributed by atoms with Crippen molar-refractivity contribution in [2.45, 2.75) is 122 Å². The highest BCUT2D eigenvalue weighted by atomic mass is 16.5. The molecule has 0 aliphatic carbocycles. The van der Waals surface area contributed by atoms with Gasteiger partial charge in [0.25, 0.3) is 0 Å². The maximum Gasteiger partial charge on any atom is 0.305 e. The van der Waals surface area contributed by atoms with E-state index < -0.39 is 0 Å². The van der Waals surface area contributed by atoms with Gasteiger partial charge in [0.2, 0.25) is 0 Å². The van der Waals surface area contributed by atoms with E-state index in [1.165, 1.54) is 83.5 Å². The number of unbranched alkanes of at least 4 members (excludes halogenated alkanes) is 11. The summed E-state index contributed by atoms with van der Waals surface area (Å²) in [7, 11) is 2.14. The van der Waals surface area contributed by atoms with Gasteiger partial charge in [0.1, 0.15) is 6.61 Å². The molecule has 0 saturated carbocycles. The van der Waals surface area contributed by atoms with Crippen molar-refractivity contribution in [3.8, 4) is 0 Å². The van der Waals surface area contributed by atoms with E-state index in [9.17, 15) is 4.79 Å². The molecule has 0 aromatic carbocycles. The molecule has 1 aliphatic rings. The zero-order valence-electron chi connectivity index (χ0n) is 18.9. The number of hydrogen-bond acceptors (Lipinski definition) is 3. The molecule has 28 heavy (non-hydrogen) atoms. The third-order valence-corrected chi connectivity index (χ3v) is 6.00. The molecule has 0 aromatic heterocycles. The van der Waals surface area contributed by atoms with Crippen LogP contribution in [0.3, 0.4) is 0 Å². The maximum atomic E-state index is 11.9. The fraction of sp³-hybridized carbons (Fsp3) is 0.880. The average Bonchev–Trinajstić information content (AvgIpc) is 2.70. The van der Waals surface area contributed by atoms with Crippen LogP contribution in [0.15, 0.2) is 12.2 Å². The highest BCUT2D eigenvalue weighted by molar-refractivity contribution is 5.69. The fourth-order valence-corrected chi connectivity index (χ4v) is 3.96. The number of ether oxygens (including phenoxy) is 1. The first kappa shape index (κ1) is 25.2. The van der Waals surface area contributed by atoms with Gasteiger partial charge in [-0.3, -0.25) is 4.79 Å². The molecule has 1 fully saturated rings. The normalized spacial score (nSPS) is 18.0. The largest absolute Gasteiger partial charge is 0.464 e. The molecule has 1 aliphatic heterocycles. The van der Waals surface area contributed by atoms with Gasteiger partial charge in [-0.25, -0.2) is 0 Å². The van der Waals surface area contributed by atoms with Crippen LogP contribution >= 0.6 is 0 Å². The van der Waals surface area contributed by atoms with Crippen molar-refractivity contribution in [1.29, 1.82) is 0 Å². The van der Waals surface area contributed by atoms with Gasteiger partial charge in [0, 0.05) is 12.5 Å². The Morgan fingerprint density at radius 3 is 2.14 bits per heavy atom. The van der Waals surface area contributed by atoms with E-state index in [-0.39, 0.29) is 5.97 Å². The van der Waals surface area contributed by atoms with Crippen LogP contribution in [0.4, 0.5) is 0 Å². The van der Waals surface area contributed by atoms with E-state index in [4.69, 9.17) is 4.74 Å². The molecule has 3 nitrogen and oxygen atoms in total. The molecule has 1 saturated heterocycles. The van der Waals surface area contributed by atoms with Crippen LogP contribution in [0.2, 0.25) is 0 Å². The number of esters is 1. The molecule has 1 unspecified atom stereocenters. The van der Waals surface area contributed by atoms with Gasteiger partial charge >= 0.3 is 5.97 Å². The number of allylic oxidation sites excluding steroid dienone is 2. The summed E-state index contributed by atoms with van der Waals surface area (Å²) in [5.74, 6) is -0.00315. The predicted octanol–water partition coefficient (Wildman–Crippen LogP) is 7.05. The van der Waals surface area contributed by atoms with Crippen LogP contribution < -0.4 is 0 Å². The lowest BCUT2D eigenvalue weighted by Crippen LogP contribution is -2.39. The number of piperidine rings is 1. The average molecular weight is 394 g/mol. The van der Waals surface area contributed by atoms with Gasteiger partial charge in [-0.2, -0.15) is 0 Å². The predicted molar refractivity (Wildman–Crippen MR) is 121 cm³/mol. The topological polar surface area (TPSA) is 29.5 Å². The third-order valence-electron chi connectivity index (χ3n) is 6.00. The van der Waals surface area contributed by atoms with E-state index in [2.05, 4.69) is 31.0 Å². The number of rotatable bonds is 17. The molecular weight excluding hydrogens is 346 g/mol. The van der Waals surface area contributed by atoms with Gasteiger partial charge in [-0.15, -0.1) is 0 Å². The Kier molecular flexibility index (Phi) is 16.4. The highest BCUT2D eigenvalue weighted by Gasteiger charge is 2.20. The van der Waals surface area contributed by atoms with Crippen molar-refractivity contribution in [2.75, 3.05) is 20.2 Å². The van der Waals surface area contributed by atoms with E-state index in [1.54, 1.807) is 0 Å². The molecule has 0 aromatic rings. The van der Waals surface area contributed by atoms with E-state index in [1.807, 2.05) is 0 Å². The zero-order valence-corrected chi connectivity index (χ0v) is 18.9. The first-order valence-electron chi connectivity index (χ1n) is 12.2.